The first-order valence-corrected chi connectivity index (χ1v) is 15.6. The van der Waals surface area contributed by atoms with Gasteiger partial charge in [0, 0.05) is 0 Å². The van der Waals surface area contributed by atoms with E-state index in [1.165, 1.54) is 0 Å². The molecular formula is C24H20NO2SSb. The van der Waals surface area contributed by atoms with E-state index in [2.05, 4.69) is 0 Å². The molecule has 4 rings (SSSR count). The van der Waals surface area contributed by atoms with E-state index in [1.54, 1.807) is 30.3 Å². The Morgan fingerprint density at radius 2 is 0.793 bits per heavy atom. The molecule has 0 saturated heterocycles. The predicted octanol–water partition coefficient (Wildman–Crippen LogP) is 3.31. The Morgan fingerprint density at radius 3 is 1.14 bits per heavy atom. The summed E-state index contributed by atoms with van der Waals surface area (Å²) in [5.41, 5.74) is 0. The summed E-state index contributed by atoms with van der Waals surface area (Å²) in [5.74, 6) is 0. The van der Waals surface area contributed by atoms with Crippen LogP contribution in [0.15, 0.2) is 129 Å². The monoisotopic (exact) mass is 507 g/mol. The van der Waals surface area contributed by atoms with Gasteiger partial charge in [0.2, 0.25) is 0 Å². The second-order valence-corrected chi connectivity index (χ2v) is 17.5. The van der Waals surface area contributed by atoms with Crippen molar-refractivity contribution in [3.05, 3.63) is 121 Å². The van der Waals surface area contributed by atoms with Crippen LogP contribution >= 0.6 is 0 Å². The summed E-state index contributed by atoms with van der Waals surface area (Å²) in [5, 5.41) is 0. The van der Waals surface area contributed by atoms with Gasteiger partial charge in [0.1, 0.15) is 0 Å². The number of nitrogens with zero attached hydrogens (tertiary/aromatic N) is 1. The molecule has 0 aliphatic carbocycles. The van der Waals surface area contributed by atoms with Crippen molar-refractivity contribution in [2.45, 2.75) is 4.90 Å². The maximum absolute atomic E-state index is 13.5. The molecule has 0 radical (unpaired) electrons. The third kappa shape index (κ3) is 3.96. The van der Waals surface area contributed by atoms with E-state index in [9.17, 15) is 8.42 Å². The summed E-state index contributed by atoms with van der Waals surface area (Å²) in [6.07, 6.45) is 0. The number of rotatable bonds is 5. The fourth-order valence-corrected chi connectivity index (χ4v) is 18.2. The Balaban J connectivity index is 2.15. The molecule has 29 heavy (non-hydrogen) atoms. The molecule has 5 heteroatoms. The zero-order valence-corrected chi connectivity index (χ0v) is 19.0. The van der Waals surface area contributed by atoms with Crippen molar-refractivity contribution in [3.63, 3.8) is 0 Å². The molecule has 0 aromatic heterocycles. The van der Waals surface area contributed by atoms with Gasteiger partial charge >= 0.3 is 176 Å². The summed E-state index contributed by atoms with van der Waals surface area (Å²) in [7, 11) is -3.85. The minimum absolute atomic E-state index is 0.223. The Labute approximate surface area is 175 Å². The van der Waals surface area contributed by atoms with Crippen LogP contribution in [0, 0.1) is 0 Å². The van der Waals surface area contributed by atoms with Crippen molar-refractivity contribution in [1.29, 1.82) is 0 Å². The van der Waals surface area contributed by atoms with Gasteiger partial charge in [-0.05, 0) is 0 Å². The Morgan fingerprint density at radius 1 is 0.483 bits per heavy atom. The molecule has 4 aromatic rings. The Kier molecular flexibility index (Phi) is 5.75. The zero-order chi connectivity index (χ0) is 20.2. The van der Waals surface area contributed by atoms with Crippen LogP contribution < -0.4 is 10.5 Å². The molecule has 0 saturated carbocycles. The van der Waals surface area contributed by atoms with E-state index in [-0.39, 0.29) is 4.90 Å². The van der Waals surface area contributed by atoms with E-state index in [4.69, 9.17) is 2.50 Å². The molecule has 0 amide bonds. The first-order chi connectivity index (χ1) is 14.1. The molecule has 0 aliphatic rings. The van der Waals surface area contributed by atoms with Crippen molar-refractivity contribution in [1.82, 2.24) is 0 Å². The summed E-state index contributed by atoms with van der Waals surface area (Å²) < 4.78 is 34.7. The van der Waals surface area contributed by atoms with Crippen LogP contribution in [0.5, 0.6) is 0 Å². The first-order valence-electron chi connectivity index (χ1n) is 9.23. The van der Waals surface area contributed by atoms with Crippen molar-refractivity contribution in [2.24, 2.45) is 2.50 Å². The topological polar surface area (TPSA) is 46.5 Å². The van der Waals surface area contributed by atoms with Gasteiger partial charge in [0.05, 0.1) is 0 Å². The van der Waals surface area contributed by atoms with Gasteiger partial charge in [0.25, 0.3) is 0 Å². The van der Waals surface area contributed by atoms with Crippen molar-refractivity contribution < 1.29 is 8.42 Å². The summed E-state index contributed by atoms with van der Waals surface area (Å²) >= 11 is -4.09. The fraction of sp³-hybridized carbons (Fsp3) is 0. The summed E-state index contributed by atoms with van der Waals surface area (Å²) in [6.45, 7) is 0. The SMILES string of the molecule is O=S(=O)([N]=[Sb]([c]1ccccc1)([c]1ccccc1)[c]1ccccc1)c1ccccc1. The molecular weight excluding hydrogens is 488 g/mol. The molecule has 0 heterocycles. The van der Waals surface area contributed by atoms with Crippen LogP contribution in [0.3, 0.4) is 0 Å². The third-order valence-corrected chi connectivity index (χ3v) is 18.9. The van der Waals surface area contributed by atoms with Gasteiger partial charge in [-0.3, -0.25) is 0 Å². The normalized spacial score (nSPS) is 11.7. The molecule has 0 unspecified atom stereocenters. The van der Waals surface area contributed by atoms with E-state index < -0.39 is 28.7 Å². The zero-order valence-electron chi connectivity index (χ0n) is 15.7. The van der Waals surface area contributed by atoms with Gasteiger partial charge in [-0.1, -0.05) is 0 Å². The Bertz CT molecular complexity index is 1140. The molecule has 144 valence electrons. The second kappa shape index (κ2) is 8.44. The van der Waals surface area contributed by atoms with Crippen LogP contribution in [0.1, 0.15) is 0 Å². The Hall–Kier alpha value is -2.55. The molecule has 0 fully saturated rings. The number of benzene rings is 4. The average molecular weight is 508 g/mol. The molecule has 0 spiro atoms. The van der Waals surface area contributed by atoms with Crippen molar-refractivity contribution >= 4 is 39.2 Å². The van der Waals surface area contributed by atoms with Gasteiger partial charge < -0.3 is 0 Å². The molecule has 4 aromatic carbocycles. The van der Waals surface area contributed by atoms with Gasteiger partial charge in [-0.2, -0.15) is 0 Å². The quantitative estimate of drug-likeness (QED) is 0.389. The maximum atomic E-state index is 13.5. The summed E-state index contributed by atoms with van der Waals surface area (Å²) in [4.78, 5) is 0.223. The van der Waals surface area contributed by atoms with Crippen molar-refractivity contribution in [3.8, 4) is 0 Å². The number of hydrogen-bond donors (Lipinski definition) is 0. The second-order valence-electron chi connectivity index (χ2n) is 6.51. The number of hydrogen-bond acceptors (Lipinski definition) is 2. The summed E-state index contributed by atoms with van der Waals surface area (Å²) in [6, 6.07) is 38.1. The predicted molar refractivity (Wildman–Crippen MR) is 120 cm³/mol. The molecule has 0 N–H and O–H groups in total. The van der Waals surface area contributed by atoms with Gasteiger partial charge in [-0.15, -0.1) is 0 Å². The average Bonchev–Trinajstić information content (AvgIpc) is 2.80. The van der Waals surface area contributed by atoms with E-state index >= 15 is 0 Å². The van der Waals surface area contributed by atoms with Crippen molar-refractivity contribution in [2.75, 3.05) is 0 Å². The van der Waals surface area contributed by atoms with Crippen LogP contribution in [0.4, 0.5) is 0 Å². The van der Waals surface area contributed by atoms with E-state index in [0.717, 1.165) is 10.5 Å². The van der Waals surface area contributed by atoms with E-state index in [1.807, 2.05) is 91.0 Å². The van der Waals surface area contributed by atoms with Crippen LogP contribution in [0.25, 0.3) is 0 Å². The standard InChI is InChI=1S/C6H5NO2S.3C6H5.Sb/c7-10(8,9)6-4-2-1-3-5-6;3*1-2-4-6-5-3-1;/h1-5H;3*1-5H;. The number of sulfonamides is 1. The molecule has 3 nitrogen and oxygen atoms in total. The fourth-order valence-electron chi connectivity index (χ4n) is 3.32. The van der Waals surface area contributed by atoms with Gasteiger partial charge in [0.15, 0.2) is 0 Å². The third-order valence-electron chi connectivity index (χ3n) is 4.66. The van der Waals surface area contributed by atoms with Crippen LogP contribution in [-0.2, 0) is 10.0 Å². The molecule has 0 bridgehead atoms. The molecule has 0 aliphatic heterocycles. The van der Waals surface area contributed by atoms with E-state index in [0.29, 0.717) is 0 Å². The first kappa shape index (κ1) is 19.8. The molecule has 0 atom stereocenters. The van der Waals surface area contributed by atoms with Crippen LogP contribution in [0.2, 0.25) is 0 Å². The minimum atomic E-state index is -4.09. The van der Waals surface area contributed by atoms with Gasteiger partial charge in [-0.25, -0.2) is 0 Å². The van der Waals surface area contributed by atoms with Crippen LogP contribution in [-0.4, -0.2) is 27.1 Å².